The normalized spacial score (nSPS) is 12.4. The Kier molecular flexibility index (Phi) is 13.3. The van der Waals surface area contributed by atoms with Crippen molar-refractivity contribution in [3.05, 3.63) is 204 Å². The summed E-state index contributed by atoms with van der Waals surface area (Å²) in [6, 6.07) is 64.2. The minimum absolute atomic E-state index is 0. The second-order valence-corrected chi connectivity index (χ2v) is 24.4. The van der Waals surface area contributed by atoms with Crippen molar-refractivity contribution in [2.45, 2.75) is 105 Å². The number of fused-ring (bicyclic) bond motifs is 4. The van der Waals surface area contributed by atoms with Gasteiger partial charge in [-0.05, 0) is 97.5 Å². The molecular weight excluding hydrogens is 1110 g/mol. The Morgan fingerprint density at radius 1 is 0.474 bits per heavy atom. The van der Waals surface area contributed by atoms with Crippen molar-refractivity contribution in [3.63, 3.8) is 0 Å². The molecule has 0 saturated heterocycles. The number of rotatable bonds is 7. The van der Waals surface area contributed by atoms with Crippen molar-refractivity contribution < 1.29 is 30.6 Å². The van der Waals surface area contributed by atoms with Crippen LogP contribution in [0, 0.1) is 6.07 Å². The third kappa shape index (κ3) is 9.64. The number of imidazole rings is 1. The van der Waals surface area contributed by atoms with Crippen molar-refractivity contribution in [1.29, 1.82) is 0 Å². The predicted molar refractivity (Wildman–Crippen MR) is 314 cm³/mol. The van der Waals surface area contributed by atoms with Crippen LogP contribution in [0.3, 0.4) is 0 Å². The van der Waals surface area contributed by atoms with Crippen LogP contribution in [-0.2, 0) is 42.7 Å². The van der Waals surface area contributed by atoms with Gasteiger partial charge in [-0.2, -0.15) is 0 Å². The summed E-state index contributed by atoms with van der Waals surface area (Å²) in [5, 5.41) is 14.8. The van der Waals surface area contributed by atoms with Crippen LogP contribution in [0.25, 0.3) is 106 Å². The molecule has 1 N–H and O–H groups in total. The van der Waals surface area contributed by atoms with E-state index in [0.29, 0.717) is 11.4 Å². The van der Waals surface area contributed by atoms with Crippen molar-refractivity contribution in [1.82, 2.24) is 14.5 Å². The van der Waals surface area contributed by atoms with Gasteiger partial charge in [-0.15, -0.1) is 29.3 Å². The number of pyridine rings is 1. The van der Waals surface area contributed by atoms with E-state index in [1.165, 1.54) is 5.56 Å². The molecule has 76 heavy (non-hydrogen) atoms. The largest absolute Gasteiger partial charge is 0.507 e. The van der Waals surface area contributed by atoms with E-state index in [0.717, 1.165) is 111 Å². The summed E-state index contributed by atoms with van der Waals surface area (Å²) in [4.78, 5) is 10.7. The van der Waals surface area contributed by atoms with E-state index in [1.807, 2.05) is 12.3 Å². The molecule has 0 aliphatic carbocycles. The van der Waals surface area contributed by atoms with E-state index < -0.39 is 0 Å². The Hall–Kier alpha value is -7.33. The summed E-state index contributed by atoms with van der Waals surface area (Å²) in [5.74, 6) is 0.915. The fourth-order valence-electron chi connectivity index (χ4n) is 10.5. The van der Waals surface area contributed by atoms with Gasteiger partial charge in [0.25, 0.3) is 0 Å². The van der Waals surface area contributed by atoms with Crippen LogP contribution in [0.5, 0.6) is 5.75 Å². The minimum Gasteiger partial charge on any atom is -0.507 e. The number of hydrogen-bond acceptors (Lipinski definition) is 4. The van der Waals surface area contributed by atoms with Crippen molar-refractivity contribution in [3.8, 4) is 78.6 Å². The molecule has 0 aliphatic rings. The van der Waals surface area contributed by atoms with Gasteiger partial charge in [0, 0.05) is 60.4 Å². The molecule has 8 aromatic carbocycles. The van der Waals surface area contributed by atoms with E-state index in [1.54, 1.807) is 0 Å². The summed E-state index contributed by atoms with van der Waals surface area (Å²) in [7, 11) is 0. The van der Waals surface area contributed by atoms with Crippen LogP contribution < -0.4 is 0 Å². The number of phenols is 1. The maximum atomic E-state index is 12.6. The van der Waals surface area contributed by atoms with Crippen LogP contribution in [0.15, 0.2) is 180 Å². The summed E-state index contributed by atoms with van der Waals surface area (Å²) < 4.78 is 8.97. The van der Waals surface area contributed by atoms with Gasteiger partial charge in [0.2, 0.25) is 0 Å². The zero-order chi connectivity index (χ0) is 52.8. The number of aromatic nitrogens is 3. The van der Waals surface area contributed by atoms with E-state index in [9.17, 15) is 5.11 Å². The maximum absolute atomic E-state index is 12.6. The van der Waals surface area contributed by atoms with Gasteiger partial charge in [0.05, 0.1) is 22.3 Å². The van der Waals surface area contributed by atoms with E-state index in [-0.39, 0.29) is 48.5 Å². The zero-order valence-corrected chi connectivity index (χ0v) is 48.0. The standard InChI is InChI=1S/C70H66N3O2.Pt/c1-67(2,3)49-30-32-60(56(40-49)44-23-17-14-18-24-44)73-61-28-20-25-52(63(61)72-66(73)57-41-51(69(7,8)9)42-58(64(57)74)70(10,11)12)47-35-48(37-50(36-47)68(4,5)6)59-38-46(33-34-71-59)45-29-31-54-55-27-19-26-53(43-21-15-13-16-22-43)65(55)75-62(54)39-45;/h13-34,36-42,74H,1-12H3;/q-1;. The first-order valence-corrected chi connectivity index (χ1v) is 26.3. The third-order valence-corrected chi connectivity index (χ3v) is 14.9. The molecule has 3 heterocycles. The van der Waals surface area contributed by atoms with E-state index in [2.05, 4.69) is 258 Å². The first kappa shape index (κ1) is 52.1. The summed E-state index contributed by atoms with van der Waals surface area (Å²) >= 11 is 0. The smallest absolute Gasteiger partial charge is 0.148 e. The molecule has 3 aromatic heterocycles. The SMILES string of the molecule is CC(C)(C)c1cc(-c2cc(-c3ccc4c(c3)oc3c(-c5ccccc5)cccc34)ccn2)[c-]c(-c2cccc3c2nc(-c2cc(C(C)(C)C)cc(C(C)(C)C)c2O)n3-c2ccc(C(C)(C)C)cc2-c2ccccc2)c1.[Pt]. The van der Waals surface area contributed by atoms with Crippen LogP contribution in [-0.4, -0.2) is 19.6 Å². The summed E-state index contributed by atoms with van der Waals surface area (Å²) in [5.41, 5.74) is 18.7. The second kappa shape index (κ2) is 19.4. The van der Waals surface area contributed by atoms with Crippen LogP contribution >= 0.6 is 0 Å². The molecule has 6 heteroatoms. The maximum Gasteiger partial charge on any atom is 0.148 e. The molecule has 0 amide bonds. The summed E-state index contributed by atoms with van der Waals surface area (Å²) in [6.45, 7) is 26.7. The Morgan fingerprint density at radius 2 is 1.08 bits per heavy atom. The minimum atomic E-state index is -0.345. The molecule has 0 spiro atoms. The fourth-order valence-corrected chi connectivity index (χ4v) is 10.5. The average molecular weight is 1180 g/mol. The van der Waals surface area contributed by atoms with Gasteiger partial charge in [-0.3, -0.25) is 9.55 Å². The molecular formula is C70H66N3O2Pt-. The molecule has 0 saturated carbocycles. The van der Waals surface area contributed by atoms with E-state index in [4.69, 9.17) is 14.4 Å². The van der Waals surface area contributed by atoms with Crippen LogP contribution in [0.1, 0.15) is 105 Å². The molecule has 11 rings (SSSR count). The quantitative estimate of drug-likeness (QED) is 0.162. The number of nitrogens with zero attached hydrogens (tertiary/aromatic N) is 3. The van der Waals surface area contributed by atoms with Gasteiger partial charge in [-0.1, -0.05) is 209 Å². The number of furan rings is 1. The van der Waals surface area contributed by atoms with Crippen LogP contribution in [0.4, 0.5) is 0 Å². The number of aromatic hydroxyl groups is 1. The second-order valence-electron chi connectivity index (χ2n) is 24.4. The first-order chi connectivity index (χ1) is 35.6. The molecule has 0 radical (unpaired) electrons. The predicted octanol–water partition coefficient (Wildman–Crippen LogP) is 19.0. The Bertz CT molecular complexity index is 3980. The van der Waals surface area contributed by atoms with E-state index >= 15 is 0 Å². The molecule has 0 fully saturated rings. The Balaban J connectivity index is 0.00000657. The van der Waals surface area contributed by atoms with Gasteiger partial charge < -0.3 is 9.52 Å². The van der Waals surface area contributed by atoms with Crippen molar-refractivity contribution in [2.75, 3.05) is 0 Å². The van der Waals surface area contributed by atoms with Gasteiger partial charge in [0.1, 0.15) is 22.7 Å². The van der Waals surface area contributed by atoms with Crippen molar-refractivity contribution in [2.24, 2.45) is 0 Å². The first-order valence-electron chi connectivity index (χ1n) is 26.3. The Labute approximate surface area is 463 Å². The number of benzene rings is 8. The van der Waals surface area contributed by atoms with Gasteiger partial charge in [0.15, 0.2) is 0 Å². The average Bonchev–Trinajstić information content (AvgIpc) is 3.96. The van der Waals surface area contributed by atoms with Gasteiger partial charge >= 0.3 is 0 Å². The number of phenolic OH excluding ortho intramolecular Hbond substituents is 1. The zero-order valence-electron chi connectivity index (χ0n) is 45.8. The molecule has 0 bridgehead atoms. The van der Waals surface area contributed by atoms with Gasteiger partial charge in [-0.25, -0.2) is 4.98 Å². The fraction of sp³-hybridized carbons (Fsp3) is 0.229. The number of hydrogen-bond donors (Lipinski definition) is 1. The number of para-hydroxylation sites is 2. The monoisotopic (exact) mass is 1180 g/mol. The van der Waals surface area contributed by atoms with Crippen LogP contribution in [0.2, 0.25) is 0 Å². The topological polar surface area (TPSA) is 64.1 Å². The molecule has 5 nitrogen and oxygen atoms in total. The third-order valence-electron chi connectivity index (χ3n) is 14.9. The summed E-state index contributed by atoms with van der Waals surface area (Å²) in [6.07, 6.45) is 1.90. The molecule has 384 valence electrons. The molecule has 0 aliphatic heterocycles. The molecule has 11 aromatic rings. The molecule has 0 atom stereocenters. The molecule has 0 unspecified atom stereocenters. The Morgan fingerprint density at radius 3 is 1.75 bits per heavy atom. The van der Waals surface area contributed by atoms with Crippen molar-refractivity contribution >= 4 is 33.0 Å².